The van der Waals surface area contributed by atoms with Crippen molar-refractivity contribution in [2.75, 3.05) is 36.6 Å². The van der Waals surface area contributed by atoms with Gasteiger partial charge >= 0.3 is 0 Å². The van der Waals surface area contributed by atoms with Crippen molar-refractivity contribution >= 4 is 29.1 Å². The molecule has 1 aromatic carbocycles. The number of hydrazone groups is 1. The molecule has 0 amide bonds. The molecule has 1 aliphatic rings. The summed E-state index contributed by atoms with van der Waals surface area (Å²) >= 11 is 0. The van der Waals surface area contributed by atoms with Gasteiger partial charge in [0.15, 0.2) is 17.0 Å². The Bertz CT molecular complexity index is 1230. The summed E-state index contributed by atoms with van der Waals surface area (Å²) < 4.78 is 7.47. The summed E-state index contributed by atoms with van der Waals surface area (Å²) in [6.07, 6.45) is 5.34. The lowest BCUT2D eigenvalue weighted by atomic mass is 10.2. The molecule has 4 aromatic rings. The zero-order valence-electron chi connectivity index (χ0n) is 17.8. The Morgan fingerprint density at radius 3 is 2.81 bits per heavy atom. The van der Waals surface area contributed by atoms with Gasteiger partial charge in [-0.1, -0.05) is 35.9 Å². The quantitative estimate of drug-likeness (QED) is 0.373. The normalized spacial score (nSPS) is 14.3. The Kier molecular flexibility index (Phi) is 5.71. The minimum absolute atomic E-state index is 0.570. The van der Waals surface area contributed by atoms with Crippen LogP contribution in [0.2, 0.25) is 0 Å². The summed E-state index contributed by atoms with van der Waals surface area (Å²) in [4.78, 5) is 20.7. The highest BCUT2D eigenvalue weighted by Gasteiger charge is 2.19. The third-order valence-corrected chi connectivity index (χ3v) is 5.23. The molecule has 0 atom stereocenters. The molecule has 1 saturated heterocycles. The summed E-state index contributed by atoms with van der Waals surface area (Å²) in [6, 6.07) is 14.0. The van der Waals surface area contributed by atoms with Crippen LogP contribution < -0.4 is 10.3 Å². The number of hydrogen-bond acceptors (Lipinski definition) is 8. The first kappa shape index (κ1) is 20.1. The van der Waals surface area contributed by atoms with Crippen LogP contribution in [0.4, 0.5) is 11.8 Å². The molecule has 0 unspecified atom stereocenters. The minimum Gasteiger partial charge on any atom is -0.378 e. The number of nitrogens with zero attached hydrogens (tertiary/aromatic N) is 7. The van der Waals surface area contributed by atoms with Crippen molar-refractivity contribution in [2.45, 2.75) is 13.5 Å². The van der Waals surface area contributed by atoms with E-state index in [0.29, 0.717) is 37.0 Å². The number of rotatable bonds is 6. The Hall–Kier alpha value is -3.85. The summed E-state index contributed by atoms with van der Waals surface area (Å²) in [6.45, 7) is 5.42. The predicted octanol–water partition coefficient (Wildman–Crippen LogP) is 2.86. The van der Waals surface area contributed by atoms with Gasteiger partial charge in [0.1, 0.15) is 0 Å². The lowest BCUT2D eigenvalue weighted by molar-refractivity contribution is 0.122. The fraction of sp³-hybridized carbons (Fsp3) is 0.261. The van der Waals surface area contributed by atoms with Gasteiger partial charge in [-0.15, -0.1) is 0 Å². The molecule has 1 fully saturated rings. The van der Waals surface area contributed by atoms with E-state index in [1.807, 2.05) is 34.9 Å². The number of ether oxygens (including phenoxy) is 1. The summed E-state index contributed by atoms with van der Waals surface area (Å²) in [5.41, 5.74) is 7.61. The van der Waals surface area contributed by atoms with E-state index in [2.05, 4.69) is 44.5 Å². The molecule has 4 heterocycles. The zero-order valence-corrected chi connectivity index (χ0v) is 17.8. The van der Waals surface area contributed by atoms with E-state index in [1.165, 1.54) is 5.56 Å². The van der Waals surface area contributed by atoms with Crippen LogP contribution in [0.15, 0.2) is 60.1 Å². The summed E-state index contributed by atoms with van der Waals surface area (Å²) in [5.74, 6) is 1.21. The third kappa shape index (κ3) is 4.42. The van der Waals surface area contributed by atoms with Crippen molar-refractivity contribution < 1.29 is 4.74 Å². The number of aromatic nitrogens is 5. The van der Waals surface area contributed by atoms with Crippen molar-refractivity contribution in [2.24, 2.45) is 5.10 Å². The maximum absolute atomic E-state index is 5.49. The highest BCUT2D eigenvalue weighted by molar-refractivity contribution is 5.86. The van der Waals surface area contributed by atoms with E-state index in [1.54, 1.807) is 18.7 Å². The van der Waals surface area contributed by atoms with Gasteiger partial charge in [-0.2, -0.15) is 15.1 Å². The standard InChI is InChI=1S/C23H24N8O/c1-17-5-4-6-18(13-17)14-26-29-21-20-22(28-23(27-21)30-9-11-32-12-10-30)31(16-25-20)15-19-7-2-3-8-24-19/h2-8,13-14,16H,9-12,15H2,1H3,(H,27,28,29). The average molecular weight is 429 g/mol. The average Bonchev–Trinajstić information content (AvgIpc) is 3.23. The molecule has 1 aliphatic heterocycles. The fourth-order valence-corrected chi connectivity index (χ4v) is 3.62. The molecule has 0 bridgehead atoms. The van der Waals surface area contributed by atoms with Gasteiger partial charge in [-0.05, 0) is 24.6 Å². The van der Waals surface area contributed by atoms with Crippen LogP contribution in [0.25, 0.3) is 11.2 Å². The van der Waals surface area contributed by atoms with Crippen LogP contribution in [0.1, 0.15) is 16.8 Å². The molecule has 3 aromatic heterocycles. The maximum Gasteiger partial charge on any atom is 0.229 e. The Labute approximate surface area is 185 Å². The minimum atomic E-state index is 0.570. The summed E-state index contributed by atoms with van der Waals surface area (Å²) in [5, 5.41) is 4.41. The lowest BCUT2D eigenvalue weighted by Crippen LogP contribution is -2.37. The van der Waals surface area contributed by atoms with E-state index in [9.17, 15) is 0 Å². The van der Waals surface area contributed by atoms with Crippen molar-refractivity contribution in [3.63, 3.8) is 0 Å². The third-order valence-electron chi connectivity index (χ3n) is 5.23. The second-order valence-electron chi connectivity index (χ2n) is 7.62. The first-order chi connectivity index (χ1) is 15.8. The fourth-order valence-electron chi connectivity index (χ4n) is 3.62. The topological polar surface area (TPSA) is 93.4 Å². The number of nitrogens with one attached hydrogen (secondary N) is 1. The van der Waals surface area contributed by atoms with E-state index < -0.39 is 0 Å². The van der Waals surface area contributed by atoms with E-state index in [4.69, 9.17) is 14.7 Å². The molecule has 0 aliphatic carbocycles. The molecule has 9 nitrogen and oxygen atoms in total. The number of imidazole rings is 1. The summed E-state index contributed by atoms with van der Waals surface area (Å²) in [7, 11) is 0. The van der Waals surface area contributed by atoms with Crippen molar-refractivity contribution in [3.05, 3.63) is 71.8 Å². The van der Waals surface area contributed by atoms with Crippen molar-refractivity contribution in [1.82, 2.24) is 24.5 Å². The van der Waals surface area contributed by atoms with Gasteiger partial charge in [0.2, 0.25) is 5.95 Å². The van der Waals surface area contributed by atoms with Gasteiger partial charge in [-0.25, -0.2) is 4.98 Å². The molecule has 9 heteroatoms. The van der Waals surface area contributed by atoms with Gasteiger partial charge < -0.3 is 14.2 Å². The molecule has 5 rings (SSSR count). The zero-order chi connectivity index (χ0) is 21.8. The second-order valence-corrected chi connectivity index (χ2v) is 7.62. The van der Waals surface area contributed by atoms with Crippen LogP contribution in [0, 0.1) is 6.92 Å². The van der Waals surface area contributed by atoms with Crippen LogP contribution in [0.3, 0.4) is 0 Å². The first-order valence-corrected chi connectivity index (χ1v) is 10.6. The highest BCUT2D eigenvalue weighted by atomic mass is 16.5. The molecule has 162 valence electrons. The molecule has 0 saturated carbocycles. The van der Waals surface area contributed by atoms with Crippen LogP contribution in [-0.2, 0) is 11.3 Å². The van der Waals surface area contributed by atoms with Crippen LogP contribution in [0.5, 0.6) is 0 Å². The SMILES string of the molecule is Cc1cccc(C=NNc2nc(N3CCOCC3)nc3c2ncn3Cc2ccccn2)c1. The second kappa shape index (κ2) is 9.11. The molecule has 1 N–H and O–H groups in total. The smallest absolute Gasteiger partial charge is 0.229 e. The van der Waals surface area contributed by atoms with Gasteiger partial charge in [0, 0.05) is 19.3 Å². The van der Waals surface area contributed by atoms with Gasteiger partial charge in [0.05, 0.1) is 38.0 Å². The van der Waals surface area contributed by atoms with E-state index in [0.717, 1.165) is 30.0 Å². The van der Waals surface area contributed by atoms with Crippen molar-refractivity contribution in [1.29, 1.82) is 0 Å². The predicted molar refractivity (Wildman–Crippen MR) is 124 cm³/mol. The maximum atomic E-state index is 5.49. The van der Waals surface area contributed by atoms with E-state index in [-0.39, 0.29) is 0 Å². The van der Waals surface area contributed by atoms with Crippen LogP contribution in [-0.4, -0.2) is 57.0 Å². The molecular formula is C23H24N8O. The number of pyridine rings is 1. The van der Waals surface area contributed by atoms with Gasteiger partial charge in [-0.3, -0.25) is 10.4 Å². The number of fused-ring (bicyclic) bond motifs is 1. The number of aryl methyl sites for hydroxylation is 1. The molecule has 32 heavy (non-hydrogen) atoms. The highest BCUT2D eigenvalue weighted by Crippen LogP contribution is 2.24. The Morgan fingerprint density at radius 2 is 2.00 bits per heavy atom. The number of anilines is 2. The monoisotopic (exact) mass is 428 g/mol. The van der Waals surface area contributed by atoms with Gasteiger partial charge in [0.25, 0.3) is 0 Å². The molecule has 0 spiro atoms. The molecular weight excluding hydrogens is 404 g/mol. The van der Waals surface area contributed by atoms with E-state index >= 15 is 0 Å². The van der Waals surface area contributed by atoms with Crippen LogP contribution >= 0.6 is 0 Å². The van der Waals surface area contributed by atoms with Crippen molar-refractivity contribution in [3.8, 4) is 0 Å². The largest absolute Gasteiger partial charge is 0.378 e. The molecule has 0 radical (unpaired) electrons. The first-order valence-electron chi connectivity index (χ1n) is 10.6. The lowest BCUT2D eigenvalue weighted by Gasteiger charge is -2.27. The Morgan fingerprint density at radius 1 is 1.09 bits per heavy atom. The number of benzene rings is 1. The Balaban J connectivity index is 1.49. The number of morpholine rings is 1. The number of hydrogen-bond donors (Lipinski definition) is 1.